The minimum atomic E-state index is -3.08. The van der Waals surface area contributed by atoms with Crippen molar-refractivity contribution in [2.24, 2.45) is 0 Å². The summed E-state index contributed by atoms with van der Waals surface area (Å²) in [5, 5.41) is 4.44. The average Bonchev–Trinajstić information content (AvgIpc) is 2.67. The monoisotopic (exact) mass is 287 g/mol. The zero-order valence-electron chi connectivity index (χ0n) is 10.1. The molecule has 2 rings (SSSR count). The largest absolute Gasteiger partial charge is 0.459 e. The quantitative estimate of drug-likeness (QED) is 0.938. The molecule has 0 aliphatic heterocycles. The Labute approximate surface area is 111 Å². The maximum absolute atomic E-state index is 11.3. The molecule has 0 radical (unpaired) electrons. The molecule has 1 aromatic carbocycles. The number of hydrogen-bond acceptors (Lipinski definition) is 4. The second-order valence-corrected chi connectivity index (χ2v) is 6.89. The summed E-state index contributed by atoms with van der Waals surface area (Å²) in [4.78, 5) is 0. The molecule has 1 aromatic heterocycles. The van der Waals surface area contributed by atoms with Crippen molar-refractivity contribution in [3.63, 3.8) is 0 Å². The van der Waals surface area contributed by atoms with E-state index in [1.54, 1.807) is 25.2 Å². The van der Waals surface area contributed by atoms with Gasteiger partial charge in [-0.15, -0.1) is 0 Å². The maximum atomic E-state index is 11.3. The van der Waals surface area contributed by atoms with Crippen molar-refractivity contribution in [3.05, 3.63) is 35.0 Å². The summed E-state index contributed by atoms with van der Waals surface area (Å²) >= 11 is 5.89. The van der Waals surface area contributed by atoms with Gasteiger partial charge in [0.25, 0.3) is 0 Å². The summed E-state index contributed by atoms with van der Waals surface area (Å²) in [6, 6.07) is 6.76. The van der Waals surface area contributed by atoms with E-state index in [1.165, 1.54) is 6.26 Å². The van der Waals surface area contributed by atoms with E-state index < -0.39 is 9.84 Å². The molecule has 18 heavy (non-hydrogen) atoms. The van der Waals surface area contributed by atoms with Crippen molar-refractivity contribution in [2.75, 3.05) is 19.1 Å². The fourth-order valence-electron chi connectivity index (χ4n) is 1.82. The molecule has 0 bridgehead atoms. The third kappa shape index (κ3) is 3.04. The van der Waals surface area contributed by atoms with Crippen LogP contribution in [0.2, 0.25) is 5.02 Å². The van der Waals surface area contributed by atoms with Crippen LogP contribution in [0.4, 0.5) is 0 Å². The molecule has 98 valence electrons. The van der Waals surface area contributed by atoms with Gasteiger partial charge >= 0.3 is 0 Å². The van der Waals surface area contributed by atoms with Gasteiger partial charge in [0.05, 0.1) is 11.8 Å². The Morgan fingerprint density at radius 1 is 1.39 bits per heavy atom. The van der Waals surface area contributed by atoms with Gasteiger partial charge in [-0.05, 0) is 31.3 Å². The van der Waals surface area contributed by atoms with Gasteiger partial charge in [0.2, 0.25) is 0 Å². The van der Waals surface area contributed by atoms with Gasteiger partial charge in [0.1, 0.15) is 21.2 Å². The van der Waals surface area contributed by atoms with Crippen LogP contribution in [-0.2, 0) is 9.84 Å². The highest BCUT2D eigenvalue weighted by Crippen LogP contribution is 2.26. The number of hydrogen-bond donors (Lipinski definition) is 1. The van der Waals surface area contributed by atoms with Crippen LogP contribution in [0.5, 0.6) is 0 Å². The normalized spacial score (nSPS) is 13.9. The van der Waals surface area contributed by atoms with Gasteiger partial charge in [-0.25, -0.2) is 8.42 Å². The number of rotatable bonds is 4. The molecular formula is C12H14ClNO3S. The molecule has 1 unspecified atom stereocenters. The Hall–Kier alpha value is -1.04. The highest BCUT2D eigenvalue weighted by atomic mass is 35.5. The van der Waals surface area contributed by atoms with Crippen molar-refractivity contribution in [1.82, 2.24) is 5.32 Å². The predicted molar refractivity (Wildman–Crippen MR) is 72.7 cm³/mol. The molecular weight excluding hydrogens is 274 g/mol. The lowest BCUT2D eigenvalue weighted by Gasteiger charge is -2.11. The Morgan fingerprint density at radius 3 is 2.72 bits per heavy atom. The van der Waals surface area contributed by atoms with Crippen LogP contribution in [0, 0.1) is 0 Å². The molecule has 1 atom stereocenters. The second-order valence-electron chi connectivity index (χ2n) is 4.26. The van der Waals surface area contributed by atoms with Crippen molar-refractivity contribution in [2.45, 2.75) is 6.04 Å². The van der Waals surface area contributed by atoms with Crippen LogP contribution in [0.3, 0.4) is 0 Å². The van der Waals surface area contributed by atoms with Gasteiger partial charge in [0.15, 0.2) is 0 Å². The van der Waals surface area contributed by atoms with Gasteiger partial charge in [-0.3, -0.25) is 0 Å². The van der Waals surface area contributed by atoms with E-state index in [0.29, 0.717) is 16.4 Å². The third-order valence-corrected chi connectivity index (χ3v) is 3.83. The minimum absolute atomic E-state index is 0.00292. The summed E-state index contributed by atoms with van der Waals surface area (Å²) in [5.41, 5.74) is 0.697. The number of nitrogens with one attached hydrogen (secondary N) is 1. The summed E-state index contributed by atoms with van der Waals surface area (Å²) in [7, 11) is -1.37. The number of fused-ring (bicyclic) bond motifs is 1. The van der Waals surface area contributed by atoms with E-state index in [9.17, 15) is 8.42 Å². The van der Waals surface area contributed by atoms with Crippen molar-refractivity contribution < 1.29 is 12.8 Å². The molecule has 0 fully saturated rings. The van der Waals surface area contributed by atoms with Crippen LogP contribution in [-0.4, -0.2) is 27.5 Å². The van der Waals surface area contributed by atoms with Crippen LogP contribution in [0.15, 0.2) is 28.7 Å². The molecule has 1 heterocycles. The van der Waals surface area contributed by atoms with Crippen molar-refractivity contribution in [3.8, 4) is 0 Å². The molecule has 4 nitrogen and oxygen atoms in total. The standard InChI is InChI=1S/C12H14ClNO3S/c1-14-10(7-18(2,15)16)12-6-8-5-9(13)3-4-11(8)17-12/h3-6,10,14H,7H2,1-2H3. The van der Waals surface area contributed by atoms with E-state index in [2.05, 4.69) is 5.32 Å². The summed E-state index contributed by atoms with van der Waals surface area (Å²) in [6.07, 6.45) is 1.21. The molecule has 0 aliphatic carbocycles. The van der Waals surface area contributed by atoms with Gasteiger partial charge in [-0.2, -0.15) is 0 Å². The highest BCUT2D eigenvalue weighted by molar-refractivity contribution is 7.90. The first kappa shape index (κ1) is 13.4. The number of sulfone groups is 1. The Bertz CT molecular complexity index is 663. The zero-order valence-corrected chi connectivity index (χ0v) is 11.7. The van der Waals surface area contributed by atoms with E-state index in [4.69, 9.17) is 16.0 Å². The first-order chi connectivity index (χ1) is 8.39. The van der Waals surface area contributed by atoms with Gasteiger partial charge in [0, 0.05) is 16.7 Å². The van der Waals surface area contributed by atoms with Crippen molar-refractivity contribution in [1.29, 1.82) is 0 Å². The molecule has 0 saturated heterocycles. The summed E-state index contributed by atoms with van der Waals surface area (Å²) in [6.45, 7) is 0. The first-order valence-corrected chi connectivity index (χ1v) is 7.87. The molecule has 6 heteroatoms. The maximum Gasteiger partial charge on any atom is 0.149 e. The fraction of sp³-hybridized carbons (Fsp3) is 0.333. The molecule has 0 saturated carbocycles. The van der Waals surface area contributed by atoms with Gasteiger partial charge in [-0.1, -0.05) is 11.6 Å². The number of halogens is 1. The topological polar surface area (TPSA) is 59.3 Å². The second kappa shape index (κ2) is 4.91. The zero-order chi connectivity index (χ0) is 13.3. The summed E-state index contributed by atoms with van der Waals surface area (Å²) < 4.78 is 28.3. The minimum Gasteiger partial charge on any atom is -0.459 e. The average molecular weight is 288 g/mol. The van der Waals surface area contributed by atoms with E-state index in [-0.39, 0.29) is 11.8 Å². The molecule has 0 aliphatic rings. The lowest BCUT2D eigenvalue weighted by Crippen LogP contribution is -2.24. The third-order valence-electron chi connectivity index (χ3n) is 2.66. The molecule has 2 aromatic rings. The van der Waals surface area contributed by atoms with Crippen LogP contribution >= 0.6 is 11.6 Å². The van der Waals surface area contributed by atoms with E-state index in [1.807, 2.05) is 6.07 Å². The van der Waals surface area contributed by atoms with E-state index in [0.717, 1.165) is 5.39 Å². The molecule has 0 spiro atoms. The van der Waals surface area contributed by atoms with Crippen LogP contribution in [0.1, 0.15) is 11.8 Å². The van der Waals surface area contributed by atoms with E-state index >= 15 is 0 Å². The first-order valence-electron chi connectivity index (χ1n) is 5.43. The van der Waals surface area contributed by atoms with Crippen LogP contribution < -0.4 is 5.32 Å². The highest BCUT2D eigenvalue weighted by Gasteiger charge is 2.19. The molecule has 0 amide bonds. The fourth-order valence-corrected chi connectivity index (χ4v) is 2.93. The summed E-state index contributed by atoms with van der Waals surface area (Å²) in [5.74, 6) is 0.594. The number of furan rings is 1. The lowest BCUT2D eigenvalue weighted by molar-refractivity contribution is 0.472. The Kier molecular flexibility index (Phi) is 3.66. The molecule has 1 N–H and O–H groups in total. The Morgan fingerprint density at radius 2 is 2.11 bits per heavy atom. The lowest BCUT2D eigenvalue weighted by atomic mass is 10.2. The van der Waals surface area contributed by atoms with Crippen molar-refractivity contribution >= 4 is 32.4 Å². The van der Waals surface area contributed by atoms with Crippen LogP contribution in [0.25, 0.3) is 11.0 Å². The predicted octanol–water partition coefficient (Wildman–Crippen LogP) is 2.39. The smallest absolute Gasteiger partial charge is 0.149 e. The van der Waals surface area contributed by atoms with Gasteiger partial charge < -0.3 is 9.73 Å². The Balaban J connectivity index is 2.39. The number of benzene rings is 1. The SMILES string of the molecule is CNC(CS(C)(=O)=O)c1cc2cc(Cl)ccc2o1.